The van der Waals surface area contributed by atoms with E-state index in [9.17, 15) is 13.6 Å². The van der Waals surface area contributed by atoms with Crippen LogP contribution in [0.15, 0.2) is 17.1 Å². The van der Waals surface area contributed by atoms with E-state index in [0.717, 1.165) is 6.20 Å². The SMILES string of the molecule is Nc1ccn(C2OC(CO)CC2(F)F)c(=O)n1. The van der Waals surface area contributed by atoms with Gasteiger partial charge in [0.2, 0.25) is 6.23 Å². The Morgan fingerprint density at radius 2 is 2.41 bits per heavy atom. The molecule has 0 aromatic carbocycles. The first-order valence-corrected chi connectivity index (χ1v) is 4.93. The van der Waals surface area contributed by atoms with Gasteiger partial charge in [-0.15, -0.1) is 0 Å². The van der Waals surface area contributed by atoms with Crippen molar-refractivity contribution in [3.8, 4) is 0 Å². The lowest BCUT2D eigenvalue weighted by Crippen LogP contribution is -2.35. The Kier molecular flexibility index (Phi) is 2.84. The molecule has 3 N–H and O–H groups in total. The molecule has 0 bridgehead atoms. The van der Waals surface area contributed by atoms with Crippen LogP contribution in [0.5, 0.6) is 0 Å². The largest absolute Gasteiger partial charge is 0.394 e. The van der Waals surface area contributed by atoms with Crippen molar-refractivity contribution in [2.45, 2.75) is 24.7 Å². The number of aliphatic hydroxyl groups excluding tert-OH is 1. The van der Waals surface area contributed by atoms with Gasteiger partial charge in [-0.25, -0.2) is 13.6 Å². The maximum Gasteiger partial charge on any atom is 0.351 e. The fraction of sp³-hybridized carbons (Fsp3) is 0.556. The smallest absolute Gasteiger partial charge is 0.351 e. The summed E-state index contributed by atoms with van der Waals surface area (Å²) >= 11 is 0. The van der Waals surface area contributed by atoms with E-state index < -0.39 is 37.0 Å². The summed E-state index contributed by atoms with van der Waals surface area (Å²) in [6.07, 6.45) is -2.27. The van der Waals surface area contributed by atoms with E-state index >= 15 is 0 Å². The molecule has 1 saturated heterocycles. The molecule has 1 aliphatic heterocycles. The number of ether oxygens (including phenoxy) is 1. The summed E-state index contributed by atoms with van der Waals surface area (Å²) in [6, 6.07) is 1.23. The summed E-state index contributed by atoms with van der Waals surface area (Å²) in [5.41, 5.74) is 4.35. The zero-order chi connectivity index (χ0) is 12.6. The van der Waals surface area contributed by atoms with E-state index in [1.807, 2.05) is 0 Å². The number of aliphatic hydroxyl groups is 1. The Hall–Kier alpha value is -1.54. The van der Waals surface area contributed by atoms with Crippen molar-refractivity contribution in [1.29, 1.82) is 0 Å². The lowest BCUT2D eigenvalue weighted by Gasteiger charge is -2.19. The average Bonchev–Trinajstić information content (AvgIpc) is 2.54. The summed E-state index contributed by atoms with van der Waals surface area (Å²) in [6.45, 7) is -0.525. The first-order valence-electron chi connectivity index (χ1n) is 4.93. The second-order valence-corrected chi connectivity index (χ2v) is 3.80. The number of hydrogen-bond donors (Lipinski definition) is 2. The number of nitrogen functional groups attached to an aromatic ring is 1. The van der Waals surface area contributed by atoms with Gasteiger partial charge in [-0.05, 0) is 6.07 Å². The summed E-state index contributed by atoms with van der Waals surface area (Å²) in [7, 11) is 0. The Morgan fingerprint density at radius 1 is 1.71 bits per heavy atom. The lowest BCUT2D eigenvalue weighted by atomic mass is 10.2. The average molecular weight is 247 g/mol. The monoisotopic (exact) mass is 247 g/mol. The molecule has 2 unspecified atom stereocenters. The van der Waals surface area contributed by atoms with Gasteiger partial charge < -0.3 is 15.6 Å². The number of alkyl halides is 2. The number of halogens is 2. The molecule has 0 radical (unpaired) electrons. The molecule has 0 amide bonds. The molecule has 1 aromatic rings. The van der Waals surface area contributed by atoms with Crippen LogP contribution in [-0.2, 0) is 4.74 Å². The van der Waals surface area contributed by atoms with E-state index in [0.29, 0.717) is 4.57 Å². The van der Waals surface area contributed by atoms with Crippen molar-refractivity contribution < 1.29 is 18.6 Å². The number of anilines is 1. The minimum absolute atomic E-state index is 0.0497. The minimum Gasteiger partial charge on any atom is -0.394 e. The number of rotatable bonds is 2. The molecule has 2 heterocycles. The standard InChI is InChI=1S/C9H11F2N3O3/c10-9(11)3-5(4-15)17-7(9)14-2-1-6(12)13-8(14)16/h1-2,5,7,15H,3-4H2,(H2,12,13,16). The van der Waals surface area contributed by atoms with E-state index in [4.69, 9.17) is 15.6 Å². The van der Waals surface area contributed by atoms with Gasteiger partial charge in [0, 0.05) is 12.6 Å². The maximum absolute atomic E-state index is 13.6. The summed E-state index contributed by atoms with van der Waals surface area (Å²) in [4.78, 5) is 14.7. The number of nitrogens with zero attached hydrogens (tertiary/aromatic N) is 2. The normalized spacial score (nSPS) is 27.2. The van der Waals surface area contributed by atoms with Crippen molar-refractivity contribution in [2.75, 3.05) is 12.3 Å². The highest BCUT2D eigenvalue weighted by molar-refractivity contribution is 5.23. The quantitative estimate of drug-likeness (QED) is 0.751. The van der Waals surface area contributed by atoms with Gasteiger partial charge in [0.25, 0.3) is 5.92 Å². The fourth-order valence-corrected chi connectivity index (χ4v) is 1.72. The molecule has 8 heteroatoms. The molecular weight excluding hydrogens is 236 g/mol. The molecular formula is C9H11F2N3O3. The third-order valence-electron chi connectivity index (χ3n) is 2.49. The van der Waals surface area contributed by atoms with Gasteiger partial charge in [0.15, 0.2) is 0 Å². The van der Waals surface area contributed by atoms with Crippen LogP contribution in [0.25, 0.3) is 0 Å². The number of aromatic nitrogens is 2. The van der Waals surface area contributed by atoms with E-state index in [-0.39, 0.29) is 5.82 Å². The molecule has 0 saturated carbocycles. The van der Waals surface area contributed by atoms with E-state index in [1.165, 1.54) is 6.07 Å². The molecule has 1 aliphatic rings. The second-order valence-electron chi connectivity index (χ2n) is 3.80. The van der Waals surface area contributed by atoms with Gasteiger partial charge >= 0.3 is 5.69 Å². The van der Waals surface area contributed by atoms with Crippen molar-refractivity contribution in [3.63, 3.8) is 0 Å². The van der Waals surface area contributed by atoms with Gasteiger partial charge in [-0.1, -0.05) is 0 Å². The van der Waals surface area contributed by atoms with E-state index in [1.54, 1.807) is 0 Å². The number of hydrogen-bond acceptors (Lipinski definition) is 5. The highest BCUT2D eigenvalue weighted by Crippen LogP contribution is 2.41. The van der Waals surface area contributed by atoms with Crippen LogP contribution < -0.4 is 11.4 Å². The molecule has 1 fully saturated rings. The van der Waals surface area contributed by atoms with Gasteiger partial charge in [0.1, 0.15) is 5.82 Å². The Bertz CT molecular complexity index is 477. The number of nitrogens with two attached hydrogens (primary N) is 1. The van der Waals surface area contributed by atoms with Crippen LogP contribution in [-0.4, -0.2) is 33.3 Å². The highest BCUT2D eigenvalue weighted by Gasteiger charge is 2.51. The molecule has 2 rings (SSSR count). The van der Waals surface area contributed by atoms with Crippen LogP contribution in [0.2, 0.25) is 0 Å². The van der Waals surface area contributed by atoms with Crippen molar-refractivity contribution in [3.05, 3.63) is 22.7 Å². The third-order valence-corrected chi connectivity index (χ3v) is 2.49. The van der Waals surface area contributed by atoms with Gasteiger partial charge in [0.05, 0.1) is 12.7 Å². The predicted octanol–water partition coefficient (Wildman–Crippen LogP) is -0.259. The zero-order valence-corrected chi connectivity index (χ0v) is 8.72. The van der Waals surface area contributed by atoms with Crippen LogP contribution >= 0.6 is 0 Å². The third kappa shape index (κ3) is 2.13. The van der Waals surface area contributed by atoms with Crippen LogP contribution in [0.1, 0.15) is 12.6 Å². The summed E-state index contributed by atoms with van der Waals surface area (Å²) in [5.74, 6) is -3.28. The highest BCUT2D eigenvalue weighted by atomic mass is 19.3. The van der Waals surface area contributed by atoms with E-state index in [2.05, 4.69) is 4.98 Å². The topological polar surface area (TPSA) is 90.4 Å². The fourth-order valence-electron chi connectivity index (χ4n) is 1.72. The Labute approximate surface area is 94.6 Å². The molecule has 0 spiro atoms. The zero-order valence-electron chi connectivity index (χ0n) is 8.72. The van der Waals surface area contributed by atoms with Crippen molar-refractivity contribution in [1.82, 2.24) is 9.55 Å². The predicted molar refractivity (Wildman–Crippen MR) is 53.5 cm³/mol. The minimum atomic E-state index is -3.23. The lowest BCUT2D eigenvalue weighted by molar-refractivity contribution is -0.120. The molecule has 0 aliphatic carbocycles. The second kappa shape index (κ2) is 4.04. The molecule has 2 atom stereocenters. The first kappa shape index (κ1) is 11.9. The molecule has 17 heavy (non-hydrogen) atoms. The molecule has 1 aromatic heterocycles. The summed E-state index contributed by atoms with van der Waals surface area (Å²) < 4.78 is 32.7. The van der Waals surface area contributed by atoms with Crippen LogP contribution in [0, 0.1) is 0 Å². The maximum atomic E-state index is 13.6. The molecule has 6 nitrogen and oxygen atoms in total. The molecule has 94 valence electrons. The van der Waals surface area contributed by atoms with Gasteiger partial charge in [-0.3, -0.25) is 4.57 Å². The summed E-state index contributed by atoms with van der Waals surface area (Å²) in [5, 5.41) is 8.80. The van der Waals surface area contributed by atoms with Crippen LogP contribution in [0.4, 0.5) is 14.6 Å². The van der Waals surface area contributed by atoms with Crippen molar-refractivity contribution >= 4 is 5.82 Å². The Balaban J connectivity index is 2.37. The van der Waals surface area contributed by atoms with Gasteiger partial charge in [-0.2, -0.15) is 4.98 Å². The van der Waals surface area contributed by atoms with Crippen LogP contribution in [0.3, 0.4) is 0 Å². The Morgan fingerprint density at radius 3 is 2.94 bits per heavy atom. The van der Waals surface area contributed by atoms with Crippen molar-refractivity contribution in [2.24, 2.45) is 0 Å². The first-order chi connectivity index (χ1) is 7.94.